The first-order chi connectivity index (χ1) is 12.7. The predicted molar refractivity (Wildman–Crippen MR) is 102 cm³/mol. The van der Waals surface area contributed by atoms with Crippen molar-refractivity contribution in [2.75, 3.05) is 0 Å². The molecule has 1 aromatic rings. The number of benzene rings is 1. The van der Waals surface area contributed by atoms with Crippen molar-refractivity contribution < 1.29 is 19.4 Å². The van der Waals surface area contributed by atoms with Gasteiger partial charge in [-0.2, -0.15) is 0 Å². The molecule has 0 bridgehead atoms. The number of aromatic hydroxyl groups is 1. The van der Waals surface area contributed by atoms with Gasteiger partial charge in [0, 0.05) is 23.0 Å². The minimum atomic E-state index is -0.354. The molecule has 0 saturated heterocycles. The zero-order chi connectivity index (χ0) is 19.2. The average molecular weight is 370 g/mol. The fourth-order valence-electron chi connectivity index (χ4n) is 7.19. The van der Waals surface area contributed by atoms with E-state index in [9.17, 15) is 9.90 Å². The lowest BCUT2D eigenvalue weighted by Gasteiger charge is -2.63. The van der Waals surface area contributed by atoms with E-state index in [1.807, 2.05) is 0 Å². The van der Waals surface area contributed by atoms with Gasteiger partial charge in [0.25, 0.3) is 0 Å². The normalized spacial score (nSPS) is 38.7. The summed E-state index contributed by atoms with van der Waals surface area (Å²) in [5.74, 6) is 1.58. The third-order valence-corrected chi connectivity index (χ3v) is 8.64. The van der Waals surface area contributed by atoms with Gasteiger partial charge in [-0.25, -0.2) is 4.79 Å². The van der Waals surface area contributed by atoms with Crippen molar-refractivity contribution in [2.24, 2.45) is 22.7 Å². The molecule has 2 aliphatic heterocycles. The van der Waals surface area contributed by atoms with Gasteiger partial charge in [-0.1, -0.05) is 34.1 Å². The number of hydrogen-bond donors (Lipinski definition) is 1. The molecule has 4 aliphatic rings. The van der Waals surface area contributed by atoms with Crippen LogP contribution >= 0.6 is 0 Å². The number of cyclic esters (lactones) is 1. The van der Waals surface area contributed by atoms with Gasteiger partial charge in [-0.15, -0.1) is 0 Å². The number of phenolic OH excluding ortho intramolecular Hbond substituents is 1. The maximum Gasteiger partial charge on any atom is 0.339 e. The summed E-state index contributed by atoms with van der Waals surface area (Å²) < 4.78 is 12.1. The minimum Gasteiger partial charge on any atom is -0.508 e. The molecule has 4 atom stereocenters. The fourth-order valence-corrected chi connectivity index (χ4v) is 7.19. The molecule has 1 spiro atoms. The van der Waals surface area contributed by atoms with Crippen LogP contribution in [-0.2, 0) is 17.8 Å². The van der Waals surface area contributed by atoms with E-state index in [0.29, 0.717) is 22.8 Å². The molecule has 146 valence electrons. The SMILES string of the molecule is C[C@@H]1CC[C@H]2C(C)(C)CCC[C@]2(C)[C@@]12Cc1c(O)cc3c(c1O2)COC3=O. The van der Waals surface area contributed by atoms with E-state index >= 15 is 0 Å². The summed E-state index contributed by atoms with van der Waals surface area (Å²) in [6, 6.07) is 1.59. The standard InChI is InChI=1S/C23H30O4/c1-13-6-7-18-21(2,3)8-5-9-22(18,4)23(13)11-15-17(24)10-14-16(19(15)27-23)12-26-20(14)25/h10,13,18,24H,5-9,11-12H2,1-4H3/t13-,18+,22+,23-/m1/s1. The molecule has 2 heterocycles. The van der Waals surface area contributed by atoms with E-state index < -0.39 is 0 Å². The second kappa shape index (κ2) is 5.21. The molecule has 0 aromatic heterocycles. The molecule has 27 heavy (non-hydrogen) atoms. The Bertz CT molecular complexity index is 841. The highest BCUT2D eigenvalue weighted by molar-refractivity contribution is 5.95. The first-order valence-corrected chi connectivity index (χ1v) is 10.4. The smallest absolute Gasteiger partial charge is 0.339 e. The first-order valence-electron chi connectivity index (χ1n) is 10.4. The van der Waals surface area contributed by atoms with Crippen LogP contribution in [0.5, 0.6) is 11.5 Å². The van der Waals surface area contributed by atoms with E-state index in [-0.39, 0.29) is 29.3 Å². The summed E-state index contributed by atoms with van der Waals surface area (Å²) in [4.78, 5) is 12.0. The lowest BCUT2D eigenvalue weighted by atomic mass is 9.44. The molecule has 4 nitrogen and oxygen atoms in total. The monoisotopic (exact) mass is 370 g/mol. The molecule has 1 aromatic carbocycles. The minimum absolute atomic E-state index is 0.0637. The van der Waals surface area contributed by atoms with Crippen molar-refractivity contribution in [2.45, 2.75) is 78.4 Å². The summed E-state index contributed by atoms with van der Waals surface area (Å²) in [5, 5.41) is 10.7. The fraction of sp³-hybridized carbons (Fsp3) is 0.696. The van der Waals surface area contributed by atoms with Gasteiger partial charge in [-0.3, -0.25) is 0 Å². The van der Waals surface area contributed by atoms with Gasteiger partial charge in [0.05, 0.1) is 5.56 Å². The molecule has 0 unspecified atom stereocenters. The number of esters is 1. The molecule has 2 fully saturated rings. The Morgan fingerprint density at radius 2 is 1.93 bits per heavy atom. The van der Waals surface area contributed by atoms with Crippen LogP contribution in [0.25, 0.3) is 0 Å². The van der Waals surface area contributed by atoms with Crippen LogP contribution in [0.2, 0.25) is 0 Å². The molecule has 5 rings (SSSR count). The van der Waals surface area contributed by atoms with Gasteiger partial charge >= 0.3 is 5.97 Å². The van der Waals surface area contributed by atoms with Gasteiger partial charge < -0.3 is 14.6 Å². The highest BCUT2D eigenvalue weighted by Gasteiger charge is 2.65. The molecule has 1 N–H and O–H groups in total. The summed E-state index contributed by atoms with van der Waals surface area (Å²) in [5.41, 5.74) is 2.24. The highest BCUT2D eigenvalue weighted by atomic mass is 16.5. The second-order valence-electron chi connectivity index (χ2n) is 10.3. The Morgan fingerprint density at radius 1 is 1.15 bits per heavy atom. The van der Waals surface area contributed by atoms with Crippen LogP contribution in [0.4, 0.5) is 0 Å². The first kappa shape index (κ1) is 17.4. The van der Waals surface area contributed by atoms with Crippen LogP contribution < -0.4 is 4.74 Å². The van der Waals surface area contributed by atoms with E-state index in [1.54, 1.807) is 6.07 Å². The Hall–Kier alpha value is -1.71. The largest absolute Gasteiger partial charge is 0.508 e. The third-order valence-electron chi connectivity index (χ3n) is 8.64. The highest BCUT2D eigenvalue weighted by Crippen LogP contribution is 2.67. The van der Waals surface area contributed by atoms with Crippen LogP contribution in [-0.4, -0.2) is 16.7 Å². The molecular formula is C23H30O4. The topological polar surface area (TPSA) is 55.8 Å². The molecule has 4 heteroatoms. The average Bonchev–Trinajstić information content (AvgIpc) is 3.16. The molecule has 2 saturated carbocycles. The number of carbonyl (C=O) groups is 1. The van der Waals surface area contributed by atoms with Crippen molar-refractivity contribution in [3.8, 4) is 11.5 Å². The van der Waals surface area contributed by atoms with Crippen LogP contribution in [0.3, 0.4) is 0 Å². The lowest BCUT2D eigenvalue weighted by Crippen LogP contribution is -2.64. The molecule has 2 aliphatic carbocycles. The predicted octanol–water partition coefficient (Wildman–Crippen LogP) is 5.00. The Labute approximate surface area is 161 Å². The molecular weight excluding hydrogens is 340 g/mol. The zero-order valence-electron chi connectivity index (χ0n) is 16.9. The summed E-state index contributed by atoms with van der Waals surface area (Å²) in [7, 11) is 0. The van der Waals surface area contributed by atoms with Crippen LogP contribution in [0.15, 0.2) is 6.07 Å². The van der Waals surface area contributed by atoms with Crippen LogP contribution in [0.1, 0.15) is 81.3 Å². The summed E-state index contributed by atoms with van der Waals surface area (Å²) in [6.45, 7) is 9.84. The Balaban J connectivity index is 1.66. The number of rotatable bonds is 0. The second-order valence-corrected chi connectivity index (χ2v) is 10.3. The van der Waals surface area contributed by atoms with E-state index in [2.05, 4.69) is 27.7 Å². The van der Waals surface area contributed by atoms with E-state index in [4.69, 9.17) is 9.47 Å². The number of hydrogen-bond acceptors (Lipinski definition) is 4. The number of ether oxygens (including phenoxy) is 2. The Morgan fingerprint density at radius 3 is 2.70 bits per heavy atom. The van der Waals surface area contributed by atoms with Gasteiger partial charge in [0.15, 0.2) is 0 Å². The van der Waals surface area contributed by atoms with Crippen molar-refractivity contribution in [1.29, 1.82) is 0 Å². The van der Waals surface area contributed by atoms with Crippen LogP contribution in [0, 0.1) is 22.7 Å². The van der Waals surface area contributed by atoms with E-state index in [0.717, 1.165) is 36.1 Å². The lowest BCUT2D eigenvalue weighted by molar-refractivity contribution is -0.185. The zero-order valence-corrected chi connectivity index (χ0v) is 16.9. The molecule has 0 radical (unpaired) electrons. The summed E-state index contributed by atoms with van der Waals surface area (Å²) in [6.07, 6.45) is 6.79. The number of fused-ring (bicyclic) bond motifs is 5. The maximum absolute atomic E-state index is 12.0. The van der Waals surface area contributed by atoms with Gasteiger partial charge in [0.1, 0.15) is 23.7 Å². The number of carbonyl (C=O) groups excluding carboxylic acids is 1. The van der Waals surface area contributed by atoms with Crippen molar-refractivity contribution >= 4 is 5.97 Å². The third kappa shape index (κ3) is 2.02. The van der Waals surface area contributed by atoms with Crippen molar-refractivity contribution in [1.82, 2.24) is 0 Å². The molecule has 0 amide bonds. The Kier molecular flexibility index (Phi) is 3.36. The van der Waals surface area contributed by atoms with Gasteiger partial charge in [-0.05, 0) is 49.0 Å². The van der Waals surface area contributed by atoms with Gasteiger partial charge in [0.2, 0.25) is 0 Å². The maximum atomic E-state index is 12.0. The summed E-state index contributed by atoms with van der Waals surface area (Å²) >= 11 is 0. The number of phenols is 1. The quantitative estimate of drug-likeness (QED) is 0.653. The van der Waals surface area contributed by atoms with E-state index in [1.165, 1.54) is 19.3 Å². The van der Waals surface area contributed by atoms with Crippen molar-refractivity contribution in [3.05, 3.63) is 22.8 Å². The van der Waals surface area contributed by atoms with Crippen molar-refractivity contribution in [3.63, 3.8) is 0 Å².